The van der Waals surface area contributed by atoms with Crippen LogP contribution in [0.1, 0.15) is 54.0 Å². The third kappa shape index (κ3) is 7.75. The van der Waals surface area contributed by atoms with Crippen LogP contribution in [-0.4, -0.2) is 73.0 Å². The second-order valence-electron chi connectivity index (χ2n) is 15.8. The topological polar surface area (TPSA) is 126 Å². The molecule has 1 aliphatic rings. The molecular formula is C45H49FN4O7Si. The van der Waals surface area contributed by atoms with Crippen LogP contribution in [0, 0.1) is 5.82 Å². The van der Waals surface area contributed by atoms with E-state index in [0.29, 0.717) is 17.1 Å². The van der Waals surface area contributed by atoms with Crippen LogP contribution >= 0.6 is 0 Å². The number of nitrogens with one attached hydrogen (secondary N) is 1. The number of hydrogen-bond acceptors (Lipinski definition) is 9. The highest BCUT2D eigenvalue weighted by atomic mass is 28.4. The Morgan fingerprint density at radius 1 is 0.845 bits per heavy atom. The summed E-state index contributed by atoms with van der Waals surface area (Å²) >= 11 is 0. The minimum Gasteiger partial charge on any atom is -0.497 e. The van der Waals surface area contributed by atoms with Crippen molar-refractivity contribution in [1.82, 2.24) is 14.5 Å². The summed E-state index contributed by atoms with van der Waals surface area (Å²) in [5, 5.41) is 14.8. The summed E-state index contributed by atoms with van der Waals surface area (Å²) in [5.74, 6) is 0.238. The molecule has 0 bridgehead atoms. The lowest BCUT2D eigenvalue weighted by atomic mass is 9.80. The average Bonchev–Trinajstić information content (AvgIpc) is 3.73. The molecule has 4 aromatic carbocycles. The Labute approximate surface area is 338 Å². The van der Waals surface area contributed by atoms with Gasteiger partial charge in [0.2, 0.25) is 0 Å². The fraction of sp³-hybridized carbons (Fsp3) is 0.311. The van der Waals surface area contributed by atoms with Gasteiger partial charge in [0.15, 0.2) is 26.0 Å². The average molecular weight is 805 g/mol. The molecule has 1 aliphatic heterocycles. The monoisotopic (exact) mass is 804 g/mol. The molecule has 0 aliphatic carbocycles. The van der Waals surface area contributed by atoms with Gasteiger partial charge in [-0.3, -0.25) is 4.79 Å². The molecule has 1 saturated heterocycles. The minimum absolute atomic E-state index is 0.00187. The molecule has 302 valence electrons. The van der Waals surface area contributed by atoms with E-state index in [0.717, 1.165) is 16.7 Å². The van der Waals surface area contributed by atoms with Gasteiger partial charge in [0.25, 0.3) is 5.91 Å². The van der Waals surface area contributed by atoms with Gasteiger partial charge in [-0.25, -0.2) is 14.4 Å². The molecule has 3 heterocycles. The van der Waals surface area contributed by atoms with Crippen LogP contribution in [0.2, 0.25) is 18.1 Å². The van der Waals surface area contributed by atoms with Gasteiger partial charge in [-0.1, -0.05) is 93.6 Å². The molecule has 7 rings (SSSR count). The SMILES string of the molecule is COc1ccc(C(OC[C@H]2O[C@@H](n3cc(F)c4c(NC(=O)c5ccccc5)ncnc43)[C@H](O[Si](C)(C)C(C)(C)C)[C@@H]2O)(c2ccccc2)c2ccc(OC)cc2)cc1. The molecule has 1 fully saturated rings. The summed E-state index contributed by atoms with van der Waals surface area (Å²) in [7, 11) is 0.647. The second-order valence-corrected chi connectivity index (χ2v) is 20.6. The van der Waals surface area contributed by atoms with Crippen molar-refractivity contribution in [1.29, 1.82) is 0 Å². The number of aliphatic hydroxyl groups is 1. The van der Waals surface area contributed by atoms with Gasteiger partial charge in [-0.15, -0.1) is 0 Å². The highest BCUT2D eigenvalue weighted by molar-refractivity contribution is 6.74. The van der Waals surface area contributed by atoms with Crippen LogP contribution in [0.25, 0.3) is 11.0 Å². The third-order valence-electron chi connectivity index (χ3n) is 11.3. The number of nitrogens with zero attached hydrogens (tertiary/aromatic N) is 3. The van der Waals surface area contributed by atoms with Gasteiger partial charge in [0.1, 0.15) is 47.6 Å². The zero-order valence-corrected chi connectivity index (χ0v) is 34.7. The fourth-order valence-corrected chi connectivity index (χ4v) is 8.39. The van der Waals surface area contributed by atoms with E-state index in [4.69, 9.17) is 23.4 Å². The molecule has 0 radical (unpaired) electrons. The summed E-state index contributed by atoms with van der Waals surface area (Å²) in [6.45, 7) is 10.4. The van der Waals surface area contributed by atoms with Gasteiger partial charge < -0.3 is 38.4 Å². The van der Waals surface area contributed by atoms with Crippen LogP contribution in [0.15, 0.2) is 122 Å². The number of hydrogen-bond donors (Lipinski definition) is 2. The quantitative estimate of drug-likeness (QED) is 0.0873. The first-order valence-corrected chi connectivity index (χ1v) is 22.1. The lowest BCUT2D eigenvalue weighted by Crippen LogP contribution is -2.49. The Hall–Kier alpha value is -5.44. The molecule has 0 saturated carbocycles. The van der Waals surface area contributed by atoms with Crippen molar-refractivity contribution < 1.29 is 37.7 Å². The normalized spacial score (nSPS) is 18.6. The maximum Gasteiger partial charge on any atom is 0.256 e. The molecule has 6 aromatic rings. The van der Waals surface area contributed by atoms with Crippen LogP contribution in [-0.2, 0) is 19.5 Å². The maximum absolute atomic E-state index is 16.2. The number of methoxy groups -OCH3 is 2. The Morgan fingerprint density at radius 2 is 1.40 bits per heavy atom. The van der Waals surface area contributed by atoms with Gasteiger partial charge in [0.05, 0.1) is 26.2 Å². The first-order chi connectivity index (χ1) is 27.8. The Kier molecular flexibility index (Phi) is 11.5. The highest BCUT2D eigenvalue weighted by Crippen LogP contribution is 2.46. The highest BCUT2D eigenvalue weighted by Gasteiger charge is 2.52. The molecule has 0 spiro atoms. The molecule has 13 heteroatoms. The zero-order valence-electron chi connectivity index (χ0n) is 33.7. The number of carbonyl (C=O) groups is 1. The lowest BCUT2D eigenvalue weighted by Gasteiger charge is -2.40. The standard InChI is InChI=1S/C45H49FN4O7Si/c1-44(2,3)58(6,7)57-39-38(51)36(56-43(39)50-26-35(46)37-40(47-28-48-41(37)50)49-42(52)29-14-10-8-11-15-29)27-55-45(30-16-12-9-13-17-30,31-18-22-33(53-4)23-19-31)32-20-24-34(54-5)25-21-32/h8-26,28,36,38-39,43,51H,27H2,1-7H3,(H,47,48,49,52)/t36-,38-,39-,43-/m1/s1. The van der Waals surface area contributed by atoms with Gasteiger partial charge in [-0.2, -0.15) is 0 Å². The van der Waals surface area contributed by atoms with Crippen molar-refractivity contribution in [3.8, 4) is 11.5 Å². The van der Waals surface area contributed by atoms with E-state index >= 15 is 4.39 Å². The van der Waals surface area contributed by atoms with E-state index in [9.17, 15) is 9.90 Å². The van der Waals surface area contributed by atoms with Crippen LogP contribution in [0.5, 0.6) is 11.5 Å². The Morgan fingerprint density at radius 3 is 1.95 bits per heavy atom. The summed E-state index contributed by atoms with van der Waals surface area (Å²) in [6, 6.07) is 33.8. The van der Waals surface area contributed by atoms with E-state index in [1.165, 1.54) is 17.1 Å². The molecule has 1 amide bonds. The molecule has 58 heavy (non-hydrogen) atoms. The van der Waals surface area contributed by atoms with Gasteiger partial charge in [-0.05, 0) is 71.2 Å². The smallest absolute Gasteiger partial charge is 0.256 e. The van der Waals surface area contributed by atoms with Gasteiger partial charge in [0, 0.05) is 11.8 Å². The van der Waals surface area contributed by atoms with Crippen molar-refractivity contribution in [3.63, 3.8) is 0 Å². The maximum atomic E-state index is 16.2. The number of halogens is 1. The van der Waals surface area contributed by atoms with E-state index in [1.807, 2.05) is 78.9 Å². The molecule has 11 nitrogen and oxygen atoms in total. The molecule has 0 unspecified atom stereocenters. The van der Waals surface area contributed by atoms with Crippen LogP contribution in [0.3, 0.4) is 0 Å². The number of aromatic nitrogens is 3. The first-order valence-electron chi connectivity index (χ1n) is 19.1. The number of fused-ring (bicyclic) bond motifs is 1. The van der Waals surface area contributed by atoms with Crippen molar-refractivity contribution in [2.45, 2.75) is 69.0 Å². The van der Waals surface area contributed by atoms with E-state index in [-0.39, 0.29) is 28.5 Å². The number of rotatable bonds is 13. The molecule has 2 N–H and O–H groups in total. The minimum atomic E-state index is -2.58. The number of benzene rings is 4. The summed E-state index contributed by atoms with van der Waals surface area (Å²) in [5.41, 5.74) is 1.81. The summed E-state index contributed by atoms with van der Waals surface area (Å²) in [4.78, 5) is 21.8. The lowest BCUT2D eigenvalue weighted by molar-refractivity contribution is -0.0940. The van der Waals surface area contributed by atoms with E-state index < -0.39 is 50.2 Å². The zero-order chi connectivity index (χ0) is 41.2. The Balaban J connectivity index is 1.30. The van der Waals surface area contributed by atoms with Crippen LogP contribution in [0.4, 0.5) is 10.2 Å². The number of amides is 1. The predicted octanol–water partition coefficient (Wildman–Crippen LogP) is 8.50. The number of anilines is 1. The van der Waals surface area contributed by atoms with Crippen LogP contribution < -0.4 is 14.8 Å². The number of carbonyl (C=O) groups excluding carboxylic acids is 1. The van der Waals surface area contributed by atoms with Crippen molar-refractivity contribution in [3.05, 3.63) is 150 Å². The summed E-state index contributed by atoms with van der Waals surface area (Å²) in [6.07, 6.45) is -1.63. The predicted molar refractivity (Wildman–Crippen MR) is 222 cm³/mol. The van der Waals surface area contributed by atoms with E-state index in [1.54, 1.807) is 44.6 Å². The number of ether oxygens (including phenoxy) is 4. The van der Waals surface area contributed by atoms with Crippen molar-refractivity contribution >= 4 is 31.1 Å². The third-order valence-corrected chi connectivity index (χ3v) is 15.8. The largest absolute Gasteiger partial charge is 0.497 e. The molecule has 2 aromatic heterocycles. The van der Waals surface area contributed by atoms with E-state index in [2.05, 4.69) is 49.1 Å². The molecule has 4 atom stereocenters. The van der Waals surface area contributed by atoms with Crippen molar-refractivity contribution in [2.24, 2.45) is 0 Å². The summed E-state index contributed by atoms with van der Waals surface area (Å²) < 4.78 is 49.5. The number of aliphatic hydroxyl groups excluding tert-OH is 1. The second kappa shape index (κ2) is 16.4. The fourth-order valence-electron chi connectivity index (χ4n) is 7.10. The first kappa shape index (κ1) is 40.7. The van der Waals surface area contributed by atoms with Crippen molar-refractivity contribution in [2.75, 3.05) is 26.1 Å². The Bertz CT molecular complexity index is 2290. The van der Waals surface area contributed by atoms with Gasteiger partial charge >= 0.3 is 0 Å². The molecular weight excluding hydrogens is 756 g/mol.